The summed E-state index contributed by atoms with van der Waals surface area (Å²) in [5, 5.41) is 17.6. The number of aliphatic hydroxyl groups excluding tert-OH is 1. The third-order valence-electron chi connectivity index (χ3n) is 2.39. The monoisotopic (exact) mass is 296 g/mol. The minimum atomic E-state index is -4.24. The first-order chi connectivity index (χ1) is 9.22. The highest BCUT2D eigenvalue weighted by Crippen LogP contribution is 2.24. The molecule has 0 aliphatic heterocycles. The first-order valence-electron chi connectivity index (χ1n) is 5.51. The number of hydrogen-bond donors (Lipinski definition) is 2. The number of carboxylic acids is 1. The summed E-state index contributed by atoms with van der Waals surface area (Å²) in [4.78, 5) is 10.4. The first kappa shape index (κ1) is 16.2. The summed E-state index contributed by atoms with van der Waals surface area (Å²) < 4.78 is 53.5. The lowest BCUT2D eigenvalue weighted by Crippen LogP contribution is -2.33. The molecule has 0 fully saturated rings. The summed E-state index contributed by atoms with van der Waals surface area (Å²) in [6.45, 7) is -1.46. The van der Waals surface area contributed by atoms with Crippen molar-refractivity contribution in [1.82, 2.24) is 0 Å². The van der Waals surface area contributed by atoms with Crippen molar-refractivity contribution in [2.24, 2.45) is 0 Å². The van der Waals surface area contributed by atoms with E-state index in [9.17, 15) is 22.4 Å². The van der Waals surface area contributed by atoms with Crippen LogP contribution in [0.2, 0.25) is 0 Å². The maximum atomic E-state index is 12.6. The molecular weight excluding hydrogens is 284 g/mol. The molecule has 112 valence electrons. The predicted octanol–water partition coefficient (Wildman–Crippen LogP) is 1.95. The molecule has 0 spiro atoms. The first-order valence-corrected chi connectivity index (χ1v) is 5.51. The van der Waals surface area contributed by atoms with Gasteiger partial charge in [-0.2, -0.15) is 8.78 Å². The van der Waals surface area contributed by atoms with Crippen LogP contribution < -0.4 is 4.74 Å². The number of rotatable bonds is 7. The number of aliphatic hydroxyl groups is 1. The van der Waals surface area contributed by atoms with Gasteiger partial charge in [-0.15, -0.1) is 0 Å². The molecule has 0 aliphatic rings. The molecule has 1 aromatic carbocycles. The third-order valence-corrected chi connectivity index (χ3v) is 2.39. The zero-order valence-electron chi connectivity index (χ0n) is 10.1. The molecule has 0 heterocycles. The maximum Gasteiger partial charge on any atom is 0.340 e. The van der Waals surface area contributed by atoms with Crippen molar-refractivity contribution < 1.29 is 37.3 Å². The van der Waals surface area contributed by atoms with E-state index in [1.807, 2.05) is 0 Å². The molecule has 0 bridgehead atoms. The summed E-state index contributed by atoms with van der Waals surface area (Å²) in [6.07, 6.45) is -5.56. The van der Waals surface area contributed by atoms with Crippen LogP contribution in [0.5, 0.6) is 5.75 Å². The van der Waals surface area contributed by atoms with Crippen molar-refractivity contribution in [3.63, 3.8) is 0 Å². The summed E-state index contributed by atoms with van der Waals surface area (Å²) >= 11 is 0. The molecule has 2 N–H and O–H groups in total. The zero-order chi connectivity index (χ0) is 15.3. The normalized spacial score (nSPS) is 13.3. The van der Waals surface area contributed by atoms with Crippen LogP contribution in [0.3, 0.4) is 0 Å². The fourth-order valence-corrected chi connectivity index (χ4v) is 1.27. The molecule has 0 aliphatic carbocycles. The Bertz CT molecular complexity index is 447. The Hall–Kier alpha value is -1.83. The Balaban J connectivity index is 2.57. The third kappa shape index (κ3) is 4.69. The van der Waals surface area contributed by atoms with Crippen LogP contribution in [-0.4, -0.2) is 41.2 Å². The van der Waals surface area contributed by atoms with Gasteiger partial charge in [0.2, 0.25) is 0 Å². The standard InChI is InChI=1S/C12H12F4O4/c13-11(14)12(15,16)6-20-8-3-1-7(2-4-8)5-9(17)10(18)19/h1-4,9,11,17H,5-6H2,(H,18,19). The average molecular weight is 296 g/mol. The van der Waals surface area contributed by atoms with Crippen LogP contribution in [0.1, 0.15) is 5.56 Å². The fourth-order valence-electron chi connectivity index (χ4n) is 1.27. The molecule has 1 atom stereocenters. The second-order valence-electron chi connectivity index (χ2n) is 4.05. The molecule has 0 aromatic heterocycles. The van der Waals surface area contributed by atoms with Crippen molar-refractivity contribution in [1.29, 1.82) is 0 Å². The summed E-state index contributed by atoms with van der Waals surface area (Å²) in [7, 11) is 0. The van der Waals surface area contributed by atoms with Crippen molar-refractivity contribution >= 4 is 5.97 Å². The number of carboxylic acid groups (broad SMARTS) is 1. The second-order valence-corrected chi connectivity index (χ2v) is 4.05. The number of carbonyl (C=O) groups is 1. The zero-order valence-corrected chi connectivity index (χ0v) is 10.1. The summed E-state index contributed by atoms with van der Waals surface area (Å²) in [6, 6.07) is 5.15. The maximum absolute atomic E-state index is 12.6. The van der Waals surface area contributed by atoms with Crippen molar-refractivity contribution in [3.8, 4) is 5.75 Å². The molecule has 8 heteroatoms. The molecule has 0 amide bonds. The number of alkyl halides is 4. The van der Waals surface area contributed by atoms with Gasteiger partial charge in [0.05, 0.1) is 0 Å². The minimum absolute atomic E-state index is 0.0566. The van der Waals surface area contributed by atoms with Crippen molar-refractivity contribution in [2.45, 2.75) is 24.9 Å². The Morgan fingerprint density at radius 1 is 1.25 bits per heavy atom. The highest BCUT2D eigenvalue weighted by Gasteiger charge is 2.41. The molecule has 0 radical (unpaired) electrons. The van der Waals surface area contributed by atoms with Crippen LogP contribution in [0.25, 0.3) is 0 Å². The van der Waals surface area contributed by atoms with Crippen LogP contribution in [0, 0.1) is 0 Å². The highest BCUT2D eigenvalue weighted by molar-refractivity contribution is 5.72. The number of benzene rings is 1. The van der Waals surface area contributed by atoms with E-state index < -0.39 is 31.0 Å². The van der Waals surface area contributed by atoms with Gasteiger partial charge in [-0.3, -0.25) is 0 Å². The lowest BCUT2D eigenvalue weighted by Gasteiger charge is -2.16. The quantitative estimate of drug-likeness (QED) is 0.755. The van der Waals surface area contributed by atoms with Gasteiger partial charge in [0.15, 0.2) is 12.7 Å². The van der Waals surface area contributed by atoms with E-state index in [1.165, 1.54) is 24.3 Å². The van der Waals surface area contributed by atoms with Gasteiger partial charge in [0.25, 0.3) is 0 Å². The minimum Gasteiger partial charge on any atom is -0.487 e. The van der Waals surface area contributed by atoms with Gasteiger partial charge in [0, 0.05) is 6.42 Å². The number of aliphatic carboxylic acids is 1. The second kappa shape index (κ2) is 6.56. The van der Waals surface area contributed by atoms with E-state index in [1.54, 1.807) is 0 Å². The Morgan fingerprint density at radius 3 is 2.25 bits per heavy atom. The van der Waals surface area contributed by atoms with E-state index >= 15 is 0 Å². The van der Waals surface area contributed by atoms with Gasteiger partial charge < -0.3 is 14.9 Å². The Morgan fingerprint density at radius 2 is 1.80 bits per heavy atom. The highest BCUT2D eigenvalue weighted by atomic mass is 19.3. The number of halogens is 4. The number of ether oxygens (including phenoxy) is 1. The topological polar surface area (TPSA) is 66.8 Å². The van der Waals surface area contributed by atoms with Gasteiger partial charge in [0.1, 0.15) is 5.75 Å². The van der Waals surface area contributed by atoms with Crippen LogP contribution >= 0.6 is 0 Å². The van der Waals surface area contributed by atoms with Crippen molar-refractivity contribution in [2.75, 3.05) is 6.61 Å². The van der Waals surface area contributed by atoms with E-state index in [4.69, 9.17) is 10.2 Å². The molecular formula is C12H12F4O4. The molecule has 0 saturated carbocycles. The Labute approximate surface area is 111 Å². The van der Waals surface area contributed by atoms with Gasteiger partial charge in [-0.25, -0.2) is 13.6 Å². The smallest absolute Gasteiger partial charge is 0.340 e. The van der Waals surface area contributed by atoms with E-state index in [2.05, 4.69) is 4.74 Å². The largest absolute Gasteiger partial charge is 0.487 e. The lowest BCUT2D eigenvalue weighted by atomic mass is 10.1. The van der Waals surface area contributed by atoms with Crippen molar-refractivity contribution in [3.05, 3.63) is 29.8 Å². The van der Waals surface area contributed by atoms with Crippen LogP contribution in [0.15, 0.2) is 24.3 Å². The van der Waals surface area contributed by atoms with E-state index in [-0.39, 0.29) is 12.2 Å². The summed E-state index contributed by atoms with van der Waals surface area (Å²) in [5.74, 6) is -5.68. The molecule has 20 heavy (non-hydrogen) atoms. The van der Waals surface area contributed by atoms with Gasteiger partial charge in [-0.1, -0.05) is 12.1 Å². The molecule has 4 nitrogen and oxygen atoms in total. The molecule has 1 aromatic rings. The van der Waals surface area contributed by atoms with E-state index in [0.717, 1.165) is 0 Å². The molecule has 0 saturated heterocycles. The number of hydrogen-bond acceptors (Lipinski definition) is 3. The molecule has 1 rings (SSSR count). The SMILES string of the molecule is O=C(O)C(O)Cc1ccc(OCC(F)(F)C(F)F)cc1. The lowest BCUT2D eigenvalue weighted by molar-refractivity contribution is -0.148. The van der Waals surface area contributed by atoms with Gasteiger partial charge in [-0.05, 0) is 17.7 Å². The van der Waals surface area contributed by atoms with Crippen LogP contribution in [-0.2, 0) is 11.2 Å². The predicted molar refractivity (Wildman–Crippen MR) is 60.2 cm³/mol. The van der Waals surface area contributed by atoms with Gasteiger partial charge >= 0.3 is 18.3 Å². The van der Waals surface area contributed by atoms with E-state index in [0.29, 0.717) is 5.56 Å². The average Bonchev–Trinajstić information content (AvgIpc) is 2.37. The van der Waals surface area contributed by atoms with Crippen LogP contribution in [0.4, 0.5) is 17.6 Å². The molecule has 1 unspecified atom stereocenters. The Kier molecular flexibility index (Phi) is 5.32. The fraction of sp³-hybridized carbons (Fsp3) is 0.417. The summed E-state index contributed by atoms with van der Waals surface area (Å²) in [5.41, 5.74) is 0.438.